The van der Waals surface area contributed by atoms with E-state index in [0.717, 1.165) is 67.8 Å². The molecule has 265 valence electrons. The monoisotopic (exact) mass is 923 g/mol. The van der Waals surface area contributed by atoms with E-state index in [2.05, 4.69) is 110 Å². The fourth-order valence-electron chi connectivity index (χ4n) is 6.64. The minimum Gasteiger partial charge on any atom is -0.486 e. The quantitative estimate of drug-likeness (QED) is 0.118. The molecule has 4 heterocycles. The molecule has 4 aromatic carbocycles. The molecule has 7 heteroatoms. The van der Waals surface area contributed by atoms with Gasteiger partial charge >= 0.3 is 126 Å². The molecule has 8 rings (SSSR count). The standard InChI is InChI=1S/C27H20N3O.C18H24GeN.Ir/c1-17(2)22-16-15-20-19-11-8-12-21(25(19)31-27(20)29-22)26-28-23-13-6-7-14-24(23)30(26)18-9-4-3-5-10-18;1-14(2)11-16-12-18(15-9-7-6-8-10-15)20-13-17(16)19(3,4)5;/h3-11,13-17H,1-2H3;6-9,12-14H,11H2,1-5H3;/q2*-1;. The maximum absolute atomic E-state index is 6.32. The summed E-state index contributed by atoms with van der Waals surface area (Å²) in [6.45, 7) is 8.85. The van der Waals surface area contributed by atoms with Gasteiger partial charge in [-0.05, 0) is 42.3 Å². The number of pyridine rings is 2. The van der Waals surface area contributed by atoms with Crippen molar-refractivity contribution in [3.05, 3.63) is 139 Å². The minimum atomic E-state index is -1.86. The predicted octanol–water partition coefficient (Wildman–Crippen LogP) is 11.2. The second-order valence-electron chi connectivity index (χ2n) is 14.9. The average molecular weight is 922 g/mol. The van der Waals surface area contributed by atoms with Gasteiger partial charge in [-0.15, -0.1) is 18.2 Å². The summed E-state index contributed by atoms with van der Waals surface area (Å²) in [5, 5.41) is 2.04. The van der Waals surface area contributed by atoms with Gasteiger partial charge in [-0.3, -0.25) is 4.98 Å². The summed E-state index contributed by atoms with van der Waals surface area (Å²) in [5.41, 5.74) is 9.94. The Labute approximate surface area is 323 Å². The number of furan rings is 1. The van der Waals surface area contributed by atoms with E-state index < -0.39 is 13.3 Å². The number of aromatic nitrogens is 4. The van der Waals surface area contributed by atoms with Crippen LogP contribution < -0.4 is 4.40 Å². The van der Waals surface area contributed by atoms with Crippen molar-refractivity contribution in [2.24, 2.45) is 5.92 Å². The zero-order valence-electron chi connectivity index (χ0n) is 30.9. The van der Waals surface area contributed by atoms with Crippen LogP contribution in [0.1, 0.15) is 44.9 Å². The average Bonchev–Trinajstić information content (AvgIpc) is 3.70. The van der Waals surface area contributed by atoms with Gasteiger partial charge in [0.15, 0.2) is 0 Å². The number of rotatable bonds is 7. The van der Waals surface area contributed by atoms with Crippen molar-refractivity contribution in [3.63, 3.8) is 0 Å². The van der Waals surface area contributed by atoms with Crippen molar-refractivity contribution in [2.75, 3.05) is 0 Å². The van der Waals surface area contributed by atoms with E-state index in [1.54, 1.807) is 4.40 Å². The van der Waals surface area contributed by atoms with E-state index in [1.165, 1.54) is 5.56 Å². The molecule has 4 aromatic heterocycles. The molecule has 0 aliphatic heterocycles. The van der Waals surface area contributed by atoms with Crippen LogP contribution in [0.5, 0.6) is 0 Å². The summed E-state index contributed by atoms with van der Waals surface area (Å²) >= 11 is -1.86. The third-order valence-corrected chi connectivity index (χ3v) is 13.5. The van der Waals surface area contributed by atoms with Gasteiger partial charge in [-0.2, -0.15) is 0 Å². The molecule has 0 atom stereocenters. The van der Waals surface area contributed by atoms with Crippen LogP contribution in [0.25, 0.3) is 61.4 Å². The van der Waals surface area contributed by atoms with E-state index in [4.69, 9.17) is 19.4 Å². The zero-order chi connectivity index (χ0) is 35.7. The molecule has 0 unspecified atom stereocenters. The maximum atomic E-state index is 6.32. The Balaban J connectivity index is 0.000000193. The van der Waals surface area contributed by atoms with Crippen LogP contribution in [0.4, 0.5) is 0 Å². The number of para-hydroxylation sites is 3. The van der Waals surface area contributed by atoms with Crippen LogP contribution in [-0.2, 0) is 26.5 Å². The van der Waals surface area contributed by atoms with Gasteiger partial charge in [-0.1, -0.05) is 55.1 Å². The second-order valence-corrected chi connectivity index (χ2v) is 25.5. The minimum absolute atomic E-state index is 0. The zero-order valence-corrected chi connectivity index (χ0v) is 35.4. The van der Waals surface area contributed by atoms with Gasteiger partial charge in [0.25, 0.3) is 0 Å². The van der Waals surface area contributed by atoms with Gasteiger partial charge in [0.2, 0.25) is 5.71 Å². The molecule has 0 amide bonds. The maximum Gasteiger partial charge on any atom is 0.216 e. The number of benzene rings is 4. The number of hydrogen-bond acceptors (Lipinski definition) is 4. The first-order valence-corrected chi connectivity index (χ1v) is 25.2. The SMILES string of the molecule is CC(C)Cc1cc(-c2[c-]cccc2)nc[c]1[Ge]([CH3])([CH3])[CH3].CC(C)c1ccc2c(n1)oc1c(-c3nc4ccccc4n3-c3ccccc3)[c-]ccc12.[Ir]. The van der Waals surface area contributed by atoms with Crippen molar-refractivity contribution >= 4 is 50.8 Å². The summed E-state index contributed by atoms with van der Waals surface area (Å²) < 4.78 is 10.0. The first kappa shape index (κ1) is 37.4. The Morgan fingerprint density at radius 1 is 0.769 bits per heavy atom. The molecule has 52 heavy (non-hydrogen) atoms. The normalized spacial score (nSPS) is 11.6. The van der Waals surface area contributed by atoms with Crippen molar-refractivity contribution in [2.45, 2.75) is 57.3 Å². The Hall–Kier alpha value is -4.36. The van der Waals surface area contributed by atoms with Crippen LogP contribution in [0.3, 0.4) is 0 Å². The number of imidazole rings is 1. The van der Waals surface area contributed by atoms with Crippen molar-refractivity contribution in [1.29, 1.82) is 0 Å². The van der Waals surface area contributed by atoms with Gasteiger partial charge in [-0.25, -0.2) is 4.98 Å². The Bertz CT molecular complexity index is 2440. The molecule has 0 saturated carbocycles. The first-order valence-electron chi connectivity index (χ1n) is 17.8. The van der Waals surface area contributed by atoms with Crippen molar-refractivity contribution in [3.8, 4) is 28.3 Å². The van der Waals surface area contributed by atoms with Crippen LogP contribution in [0.2, 0.25) is 17.3 Å². The van der Waals surface area contributed by atoms with Gasteiger partial charge < -0.3 is 8.98 Å². The van der Waals surface area contributed by atoms with Crippen LogP contribution in [0.15, 0.2) is 120 Å². The third kappa shape index (κ3) is 7.71. The second kappa shape index (κ2) is 15.7. The largest absolute Gasteiger partial charge is 0.486 e. The molecule has 0 saturated heterocycles. The molecule has 0 aliphatic carbocycles. The number of hydrogen-bond donors (Lipinski definition) is 0. The first-order chi connectivity index (χ1) is 24.6. The van der Waals surface area contributed by atoms with Gasteiger partial charge in [0.05, 0.1) is 22.4 Å². The van der Waals surface area contributed by atoms with E-state index in [-0.39, 0.29) is 20.1 Å². The van der Waals surface area contributed by atoms with Crippen molar-refractivity contribution < 1.29 is 24.5 Å². The number of fused-ring (bicyclic) bond motifs is 4. The smallest absolute Gasteiger partial charge is 0.216 e. The summed E-state index contributed by atoms with van der Waals surface area (Å²) in [7, 11) is 0. The molecule has 0 spiro atoms. The molecular weight excluding hydrogens is 877 g/mol. The number of nitrogens with zero attached hydrogens (tertiary/aromatic N) is 4. The summed E-state index contributed by atoms with van der Waals surface area (Å²) in [4.78, 5) is 14.4. The molecular formula is C45H44GeIrN4O-2. The van der Waals surface area contributed by atoms with Crippen LogP contribution in [0, 0.1) is 18.1 Å². The summed E-state index contributed by atoms with van der Waals surface area (Å²) in [6, 6.07) is 43.7. The molecule has 0 N–H and O–H groups in total. The Morgan fingerprint density at radius 2 is 1.52 bits per heavy atom. The molecule has 0 bridgehead atoms. The van der Waals surface area contributed by atoms with E-state index in [9.17, 15) is 0 Å². The fraction of sp³-hybridized carbons (Fsp3) is 0.222. The van der Waals surface area contributed by atoms with Crippen LogP contribution in [-0.4, -0.2) is 32.8 Å². The fourth-order valence-corrected chi connectivity index (χ4v) is 9.97. The Kier molecular flexibility index (Phi) is 11.3. The van der Waals surface area contributed by atoms with Crippen LogP contribution >= 0.6 is 0 Å². The van der Waals surface area contributed by atoms with E-state index in [0.29, 0.717) is 17.5 Å². The van der Waals surface area contributed by atoms with E-state index in [1.807, 2.05) is 66.7 Å². The topological polar surface area (TPSA) is 56.7 Å². The Morgan fingerprint density at radius 3 is 2.23 bits per heavy atom. The molecule has 0 aliphatic rings. The van der Waals surface area contributed by atoms with Gasteiger partial charge in [0, 0.05) is 36.9 Å². The summed E-state index contributed by atoms with van der Waals surface area (Å²) in [6.07, 6.45) is 3.27. The third-order valence-electron chi connectivity index (χ3n) is 9.12. The summed E-state index contributed by atoms with van der Waals surface area (Å²) in [5.74, 6) is 9.14. The molecule has 5 nitrogen and oxygen atoms in total. The predicted molar refractivity (Wildman–Crippen MR) is 215 cm³/mol. The molecule has 1 radical (unpaired) electrons. The molecule has 0 fully saturated rings. The molecule has 8 aromatic rings. The van der Waals surface area contributed by atoms with E-state index >= 15 is 0 Å². The van der Waals surface area contributed by atoms with Crippen molar-refractivity contribution in [1.82, 2.24) is 19.5 Å². The van der Waals surface area contributed by atoms with Gasteiger partial charge in [0.1, 0.15) is 0 Å².